The summed E-state index contributed by atoms with van der Waals surface area (Å²) >= 11 is 0. The third-order valence-corrected chi connectivity index (χ3v) is 5.77. The van der Waals surface area contributed by atoms with Gasteiger partial charge in [-0.25, -0.2) is 4.39 Å². The Balaban J connectivity index is 1.74. The molecule has 170 valence electrons. The second kappa shape index (κ2) is 10.9. The Labute approximate surface area is 188 Å². The van der Waals surface area contributed by atoms with Crippen molar-refractivity contribution in [1.82, 2.24) is 9.80 Å². The lowest BCUT2D eigenvalue weighted by Crippen LogP contribution is -2.47. The predicted octanol–water partition coefficient (Wildman–Crippen LogP) is 3.52. The maximum atomic E-state index is 13.5. The van der Waals surface area contributed by atoms with E-state index in [0.717, 1.165) is 5.56 Å². The number of esters is 1. The fraction of sp³-hybridized carbons (Fsp3) is 0.400. The zero-order valence-electron chi connectivity index (χ0n) is 18.5. The first-order valence-electron chi connectivity index (χ1n) is 10.8. The zero-order valence-corrected chi connectivity index (χ0v) is 18.5. The quantitative estimate of drug-likeness (QED) is 0.618. The highest BCUT2D eigenvalue weighted by atomic mass is 19.1. The molecule has 2 amide bonds. The van der Waals surface area contributed by atoms with Gasteiger partial charge in [0.15, 0.2) is 0 Å². The summed E-state index contributed by atoms with van der Waals surface area (Å²) in [5, 5.41) is 0. The minimum absolute atomic E-state index is 0.0822. The maximum Gasteiger partial charge on any atom is 0.310 e. The number of piperidine rings is 1. The Morgan fingerprint density at radius 3 is 2.47 bits per heavy atom. The van der Waals surface area contributed by atoms with Gasteiger partial charge in [0, 0.05) is 31.7 Å². The number of likely N-dealkylation sites (tertiary alicyclic amines) is 1. The molecule has 2 unspecified atom stereocenters. The van der Waals surface area contributed by atoms with E-state index in [4.69, 9.17) is 4.74 Å². The molecule has 0 bridgehead atoms. The summed E-state index contributed by atoms with van der Waals surface area (Å²) in [6, 6.07) is 15.0. The van der Waals surface area contributed by atoms with Crippen LogP contribution in [0.4, 0.5) is 4.39 Å². The van der Waals surface area contributed by atoms with Gasteiger partial charge in [-0.15, -0.1) is 0 Å². The number of ether oxygens (including phenoxy) is 1. The molecule has 0 radical (unpaired) electrons. The predicted molar refractivity (Wildman–Crippen MR) is 118 cm³/mol. The van der Waals surface area contributed by atoms with Crippen molar-refractivity contribution in [2.45, 2.75) is 26.3 Å². The Hall–Kier alpha value is -3.22. The molecule has 0 saturated carbocycles. The molecule has 6 nitrogen and oxygen atoms in total. The molecule has 1 aliphatic rings. The van der Waals surface area contributed by atoms with Crippen LogP contribution < -0.4 is 0 Å². The topological polar surface area (TPSA) is 66.9 Å². The van der Waals surface area contributed by atoms with Crippen LogP contribution in [0.25, 0.3) is 0 Å². The number of nitrogens with zero attached hydrogens (tertiary/aromatic N) is 2. The van der Waals surface area contributed by atoms with E-state index in [2.05, 4.69) is 0 Å². The molecule has 2 atom stereocenters. The monoisotopic (exact) mass is 440 g/mol. The van der Waals surface area contributed by atoms with Crippen LogP contribution in [0, 0.1) is 17.7 Å². The van der Waals surface area contributed by atoms with Gasteiger partial charge < -0.3 is 14.5 Å². The minimum atomic E-state index is -0.465. The number of carbonyl (C=O) groups is 3. The molecular formula is C25H29FN2O4. The average Bonchev–Trinajstić information content (AvgIpc) is 2.83. The SMILES string of the molecule is COC(=O)C(C)CN(Cc1ccccc1)C(=O)C1CCCN(C(=O)c2ccc(F)cc2)C1. The number of carbonyl (C=O) groups excluding carboxylic acids is 3. The van der Waals surface area contributed by atoms with Gasteiger partial charge in [0.05, 0.1) is 18.9 Å². The van der Waals surface area contributed by atoms with E-state index in [1.165, 1.54) is 31.4 Å². The molecule has 2 aromatic carbocycles. The van der Waals surface area contributed by atoms with Crippen LogP contribution in [0.5, 0.6) is 0 Å². The van der Waals surface area contributed by atoms with E-state index in [0.29, 0.717) is 38.0 Å². The standard InChI is InChI=1S/C25H29FN2O4/c1-18(25(31)32-2)15-28(16-19-7-4-3-5-8-19)24(30)21-9-6-14-27(17-21)23(29)20-10-12-22(26)13-11-20/h3-5,7-8,10-13,18,21H,6,9,14-17H2,1-2H3. The lowest BCUT2D eigenvalue weighted by atomic mass is 9.95. The Bertz CT molecular complexity index is 933. The Kier molecular flexibility index (Phi) is 7.98. The molecule has 2 aromatic rings. The summed E-state index contributed by atoms with van der Waals surface area (Å²) in [5.74, 6) is -1.88. The Morgan fingerprint density at radius 2 is 1.81 bits per heavy atom. The van der Waals surface area contributed by atoms with Crippen molar-refractivity contribution < 1.29 is 23.5 Å². The maximum absolute atomic E-state index is 13.5. The second-order valence-corrected chi connectivity index (χ2v) is 8.23. The minimum Gasteiger partial charge on any atom is -0.469 e. The van der Waals surface area contributed by atoms with Crippen LogP contribution in [0.15, 0.2) is 54.6 Å². The van der Waals surface area contributed by atoms with Gasteiger partial charge in [-0.3, -0.25) is 14.4 Å². The molecule has 1 saturated heterocycles. The molecule has 1 heterocycles. The first kappa shape index (κ1) is 23.4. The molecule has 7 heteroatoms. The molecule has 1 aliphatic heterocycles. The third-order valence-electron chi connectivity index (χ3n) is 5.77. The molecule has 3 rings (SSSR count). The van der Waals surface area contributed by atoms with Gasteiger partial charge in [-0.1, -0.05) is 37.3 Å². The lowest BCUT2D eigenvalue weighted by Gasteiger charge is -2.35. The van der Waals surface area contributed by atoms with Crippen LogP contribution in [0.2, 0.25) is 0 Å². The van der Waals surface area contributed by atoms with Crippen molar-refractivity contribution in [3.8, 4) is 0 Å². The summed E-state index contributed by atoms with van der Waals surface area (Å²) in [5.41, 5.74) is 1.37. The number of rotatable bonds is 7. The van der Waals surface area contributed by atoms with Crippen LogP contribution >= 0.6 is 0 Å². The van der Waals surface area contributed by atoms with Crippen molar-refractivity contribution in [3.05, 3.63) is 71.5 Å². The van der Waals surface area contributed by atoms with Crippen LogP contribution in [-0.4, -0.2) is 54.3 Å². The van der Waals surface area contributed by atoms with Crippen LogP contribution in [0.1, 0.15) is 35.7 Å². The first-order valence-corrected chi connectivity index (χ1v) is 10.8. The summed E-state index contributed by atoms with van der Waals surface area (Å²) in [6.45, 7) is 3.21. The van der Waals surface area contributed by atoms with E-state index < -0.39 is 11.7 Å². The number of methoxy groups -OCH3 is 1. The number of hydrogen-bond donors (Lipinski definition) is 0. The molecule has 0 N–H and O–H groups in total. The van der Waals surface area contributed by atoms with E-state index >= 15 is 0 Å². The lowest BCUT2D eigenvalue weighted by molar-refractivity contribution is -0.147. The highest BCUT2D eigenvalue weighted by molar-refractivity contribution is 5.94. The molecule has 32 heavy (non-hydrogen) atoms. The summed E-state index contributed by atoms with van der Waals surface area (Å²) in [4.78, 5) is 41.7. The number of hydrogen-bond acceptors (Lipinski definition) is 4. The summed E-state index contributed by atoms with van der Waals surface area (Å²) in [7, 11) is 1.34. The Morgan fingerprint density at radius 1 is 1.12 bits per heavy atom. The van der Waals surface area contributed by atoms with Gasteiger partial charge in [0.25, 0.3) is 5.91 Å². The number of benzene rings is 2. The first-order chi connectivity index (χ1) is 15.4. The highest BCUT2D eigenvalue weighted by Gasteiger charge is 2.33. The van der Waals surface area contributed by atoms with Gasteiger partial charge in [0.1, 0.15) is 5.82 Å². The van der Waals surface area contributed by atoms with Gasteiger partial charge in [0.2, 0.25) is 5.91 Å². The van der Waals surface area contributed by atoms with Crippen molar-refractivity contribution in [2.75, 3.05) is 26.7 Å². The van der Waals surface area contributed by atoms with E-state index in [9.17, 15) is 18.8 Å². The zero-order chi connectivity index (χ0) is 23.1. The fourth-order valence-corrected chi connectivity index (χ4v) is 4.04. The van der Waals surface area contributed by atoms with E-state index in [-0.39, 0.29) is 30.2 Å². The largest absolute Gasteiger partial charge is 0.469 e. The molecule has 0 aromatic heterocycles. The van der Waals surface area contributed by atoms with Gasteiger partial charge >= 0.3 is 5.97 Å². The van der Waals surface area contributed by atoms with Crippen molar-refractivity contribution in [2.24, 2.45) is 11.8 Å². The molecule has 0 aliphatic carbocycles. The summed E-state index contributed by atoms with van der Waals surface area (Å²) in [6.07, 6.45) is 1.37. The van der Waals surface area contributed by atoms with Gasteiger partial charge in [-0.2, -0.15) is 0 Å². The third kappa shape index (κ3) is 5.93. The number of halogens is 1. The summed E-state index contributed by atoms with van der Waals surface area (Å²) < 4.78 is 18.0. The van der Waals surface area contributed by atoms with Crippen LogP contribution in [-0.2, 0) is 20.9 Å². The van der Waals surface area contributed by atoms with Crippen molar-refractivity contribution in [3.63, 3.8) is 0 Å². The smallest absolute Gasteiger partial charge is 0.310 e. The van der Waals surface area contributed by atoms with Crippen molar-refractivity contribution in [1.29, 1.82) is 0 Å². The van der Waals surface area contributed by atoms with E-state index in [1.807, 2.05) is 30.3 Å². The molecular weight excluding hydrogens is 411 g/mol. The van der Waals surface area contributed by atoms with Gasteiger partial charge in [-0.05, 0) is 42.7 Å². The average molecular weight is 441 g/mol. The van der Waals surface area contributed by atoms with Crippen LogP contribution in [0.3, 0.4) is 0 Å². The highest BCUT2D eigenvalue weighted by Crippen LogP contribution is 2.23. The molecule has 1 fully saturated rings. The molecule has 0 spiro atoms. The normalized spacial score (nSPS) is 16.8. The second-order valence-electron chi connectivity index (χ2n) is 8.23. The van der Waals surface area contributed by atoms with E-state index in [1.54, 1.807) is 16.7 Å². The fourth-order valence-electron chi connectivity index (χ4n) is 4.04. The number of amides is 2. The van der Waals surface area contributed by atoms with Crippen molar-refractivity contribution >= 4 is 17.8 Å².